The number of methoxy groups -OCH3 is 1. The Morgan fingerprint density at radius 1 is 1.15 bits per heavy atom. The van der Waals surface area contributed by atoms with E-state index in [1.54, 1.807) is 18.9 Å². The van der Waals surface area contributed by atoms with Crippen LogP contribution in [-0.2, 0) is 9.53 Å². The second-order valence-corrected chi connectivity index (χ2v) is 7.18. The van der Waals surface area contributed by atoms with Gasteiger partial charge in [0.1, 0.15) is 15.6 Å². The summed E-state index contributed by atoms with van der Waals surface area (Å²) in [5.41, 5.74) is 1.51. The van der Waals surface area contributed by atoms with Crippen molar-refractivity contribution < 1.29 is 19.1 Å². The summed E-state index contributed by atoms with van der Waals surface area (Å²) >= 11 is 1.27. The molecule has 1 saturated heterocycles. The van der Waals surface area contributed by atoms with Crippen LogP contribution in [0.2, 0.25) is 0 Å². The third-order valence-corrected chi connectivity index (χ3v) is 5.54. The molecule has 7 heteroatoms. The summed E-state index contributed by atoms with van der Waals surface area (Å²) < 4.78 is 10.4. The molecule has 3 rings (SSSR count). The Labute approximate surface area is 156 Å². The Bertz CT molecular complexity index is 779. The number of hydrogen-bond donors (Lipinski definition) is 0. The lowest BCUT2D eigenvalue weighted by molar-refractivity contribution is -0.135. The fraction of sp³-hybridized carbons (Fsp3) is 0.421. The summed E-state index contributed by atoms with van der Waals surface area (Å²) in [7, 11) is 1.61. The summed E-state index contributed by atoms with van der Waals surface area (Å²) in [6.07, 6.45) is 3.18. The zero-order valence-electron chi connectivity index (χ0n) is 15.0. The molecule has 0 unspecified atom stereocenters. The van der Waals surface area contributed by atoms with Crippen molar-refractivity contribution >= 4 is 23.2 Å². The molecule has 1 aromatic carbocycles. The lowest BCUT2D eigenvalue weighted by atomic mass is 10.1. The molecule has 0 N–H and O–H groups in total. The molecule has 26 heavy (non-hydrogen) atoms. The zero-order valence-corrected chi connectivity index (χ0v) is 15.8. The molecule has 0 atom stereocenters. The smallest absolute Gasteiger partial charge is 0.350 e. The molecule has 1 amide bonds. The third-order valence-electron chi connectivity index (χ3n) is 4.35. The highest BCUT2D eigenvalue weighted by atomic mass is 32.1. The molecule has 2 heterocycles. The highest BCUT2D eigenvalue weighted by molar-refractivity contribution is 7.17. The molecule has 2 aromatic rings. The van der Waals surface area contributed by atoms with Crippen LogP contribution in [0.1, 0.15) is 34.6 Å². The number of piperidine rings is 1. The first kappa shape index (κ1) is 18.4. The predicted molar refractivity (Wildman–Crippen MR) is 99.6 cm³/mol. The molecule has 1 fully saturated rings. The van der Waals surface area contributed by atoms with Crippen LogP contribution in [0.4, 0.5) is 0 Å². The predicted octanol–water partition coefficient (Wildman–Crippen LogP) is 3.30. The number of esters is 1. The molecule has 6 nitrogen and oxygen atoms in total. The van der Waals surface area contributed by atoms with Gasteiger partial charge in [-0.2, -0.15) is 0 Å². The number of hydrogen-bond acceptors (Lipinski definition) is 6. The third kappa shape index (κ3) is 4.22. The maximum atomic E-state index is 12.4. The van der Waals surface area contributed by atoms with Crippen LogP contribution in [0, 0.1) is 6.92 Å². The summed E-state index contributed by atoms with van der Waals surface area (Å²) in [5, 5.41) is 0.736. The van der Waals surface area contributed by atoms with E-state index < -0.39 is 5.97 Å². The number of benzene rings is 1. The fourth-order valence-electron chi connectivity index (χ4n) is 2.87. The second-order valence-electron chi connectivity index (χ2n) is 6.18. The van der Waals surface area contributed by atoms with Gasteiger partial charge in [-0.05, 0) is 50.5 Å². The number of nitrogens with zero attached hydrogens (tertiary/aromatic N) is 2. The Hall–Kier alpha value is -2.41. The van der Waals surface area contributed by atoms with Crippen LogP contribution in [-0.4, -0.2) is 48.6 Å². The normalized spacial score (nSPS) is 14.2. The first-order chi connectivity index (χ1) is 12.6. The van der Waals surface area contributed by atoms with E-state index in [1.807, 2.05) is 24.3 Å². The van der Waals surface area contributed by atoms with E-state index in [0.29, 0.717) is 10.6 Å². The Kier molecular flexibility index (Phi) is 5.88. The van der Waals surface area contributed by atoms with Crippen molar-refractivity contribution in [2.24, 2.45) is 0 Å². The van der Waals surface area contributed by atoms with Gasteiger partial charge < -0.3 is 14.4 Å². The van der Waals surface area contributed by atoms with Crippen LogP contribution < -0.4 is 4.74 Å². The number of thiazole rings is 1. The summed E-state index contributed by atoms with van der Waals surface area (Å²) in [6, 6.07) is 7.49. The second kappa shape index (κ2) is 8.31. The van der Waals surface area contributed by atoms with Gasteiger partial charge in [-0.25, -0.2) is 9.78 Å². The minimum Gasteiger partial charge on any atom is -0.497 e. The van der Waals surface area contributed by atoms with Gasteiger partial charge in [0.2, 0.25) is 0 Å². The Morgan fingerprint density at radius 2 is 1.85 bits per heavy atom. The number of aromatic nitrogens is 1. The van der Waals surface area contributed by atoms with Crippen LogP contribution in [0.15, 0.2) is 24.3 Å². The highest BCUT2D eigenvalue weighted by Crippen LogP contribution is 2.29. The van der Waals surface area contributed by atoms with Gasteiger partial charge >= 0.3 is 5.97 Å². The van der Waals surface area contributed by atoms with Crippen LogP contribution in [0.3, 0.4) is 0 Å². The molecular formula is C19H22N2O4S. The maximum absolute atomic E-state index is 12.4. The molecule has 0 spiro atoms. The first-order valence-electron chi connectivity index (χ1n) is 8.65. The van der Waals surface area contributed by atoms with Gasteiger partial charge in [0.15, 0.2) is 6.61 Å². The number of ether oxygens (including phenoxy) is 2. The SMILES string of the molecule is COc1ccc(-c2nc(C)c(C(=O)OCC(=O)N3CCCCC3)s2)cc1. The molecule has 138 valence electrons. The standard InChI is InChI=1S/C19H22N2O4S/c1-13-17(19(23)25-12-16(22)21-10-4-3-5-11-21)26-18(20-13)14-6-8-15(24-2)9-7-14/h6-9H,3-5,10-12H2,1-2H3. The van der Waals surface area contributed by atoms with Crippen molar-refractivity contribution in [2.45, 2.75) is 26.2 Å². The van der Waals surface area contributed by atoms with E-state index in [2.05, 4.69) is 4.98 Å². The molecule has 0 bridgehead atoms. The topological polar surface area (TPSA) is 68.7 Å². The van der Waals surface area contributed by atoms with Crippen molar-refractivity contribution in [3.8, 4) is 16.3 Å². The average molecular weight is 374 g/mol. The summed E-state index contributed by atoms with van der Waals surface area (Å²) in [5.74, 6) is 0.138. The van der Waals surface area contributed by atoms with E-state index in [4.69, 9.17) is 9.47 Å². The molecule has 0 aliphatic carbocycles. The van der Waals surface area contributed by atoms with Crippen LogP contribution in [0.25, 0.3) is 10.6 Å². The minimum atomic E-state index is -0.495. The summed E-state index contributed by atoms with van der Waals surface area (Å²) in [4.78, 5) is 31.1. The van der Waals surface area contributed by atoms with Gasteiger partial charge in [-0.3, -0.25) is 4.79 Å². The van der Waals surface area contributed by atoms with E-state index in [9.17, 15) is 9.59 Å². The van der Waals surface area contributed by atoms with Gasteiger partial charge in [0.05, 0.1) is 12.8 Å². The van der Waals surface area contributed by atoms with Crippen molar-refractivity contribution in [2.75, 3.05) is 26.8 Å². The largest absolute Gasteiger partial charge is 0.497 e. The molecule has 1 aliphatic rings. The average Bonchev–Trinajstić information content (AvgIpc) is 3.08. The van der Waals surface area contributed by atoms with Crippen LogP contribution >= 0.6 is 11.3 Å². The number of rotatable bonds is 5. The number of amides is 1. The Balaban J connectivity index is 1.64. The number of carbonyl (C=O) groups excluding carboxylic acids is 2. The molecule has 0 radical (unpaired) electrons. The van der Waals surface area contributed by atoms with Crippen LogP contribution in [0.5, 0.6) is 5.75 Å². The van der Waals surface area contributed by atoms with Gasteiger partial charge in [-0.1, -0.05) is 0 Å². The number of likely N-dealkylation sites (tertiary alicyclic amines) is 1. The maximum Gasteiger partial charge on any atom is 0.350 e. The zero-order chi connectivity index (χ0) is 18.5. The lowest BCUT2D eigenvalue weighted by Crippen LogP contribution is -2.38. The van der Waals surface area contributed by atoms with Gasteiger partial charge in [0.25, 0.3) is 5.91 Å². The molecule has 1 aromatic heterocycles. The minimum absolute atomic E-state index is 0.129. The number of aryl methyl sites for hydroxylation is 1. The van der Waals surface area contributed by atoms with Gasteiger partial charge in [0, 0.05) is 18.7 Å². The molecular weight excluding hydrogens is 352 g/mol. The quantitative estimate of drug-likeness (QED) is 0.751. The van der Waals surface area contributed by atoms with Crippen molar-refractivity contribution in [1.82, 2.24) is 9.88 Å². The molecule has 1 aliphatic heterocycles. The first-order valence-corrected chi connectivity index (χ1v) is 9.47. The van der Waals surface area contributed by atoms with E-state index in [-0.39, 0.29) is 12.5 Å². The van der Waals surface area contributed by atoms with E-state index in [0.717, 1.165) is 48.7 Å². The van der Waals surface area contributed by atoms with Crippen molar-refractivity contribution in [3.05, 3.63) is 34.8 Å². The van der Waals surface area contributed by atoms with Crippen molar-refractivity contribution in [1.29, 1.82) is 0 Å². The molecule has 0 saturated carbocycles. The fourth-order valence-corrected chi connectivity index (χ4v) is 3.84. The van der Waals surface area contributed by atoms with E-state index >= 15 is 0 Å². The Morgan fingerprint density at radius 3 is 2.50 bits per heavy atom. The summed E-state index contributed by atoms with van der Waals surface area (Å²) in [6.45, 7) is 3.05. The van der Waals surface area contributed by atoms with Gasteiger partial charge in [-0.15, -0.1) is 11.3 Å². The number of carbonyl (C=O) groups is 2. The monoisotopic (exact) mass is 374 g/mol. The van der Waals surface area contributed by atoms with Crippen molar-refractivity contribution in [3.63, 3.8) is 0 Å². The highest BCUT2D eigenvalue weighted by Gasteiger charge is 2.21. The lowest BCUT2D eigenvalue weighted by Gasteiger charge is -2.26. The van der Waals surface area contributed by atoms with E-state index in [1.165, 1.54) is 11.3 Å².